The minimum atomic E-state index is -0.462. The van der Waals surface area contributed by atoms with Gasteiger partial charge in [-0.2, -0.15) is 0 Å². The number of aryl methyl sites for hydroxylation is 1. The van der Waals surface area contributed by atoms with Gasteiger partial charge < -0.3 is 0 Å². The Bertz CT molecular complexity index is 1320. The van der Waals surface area contributed by atoms with Gasteiger partial charge in [-0.15, -0.1) is 0 Å². The molecule has 0 aliphatic rings. The lowest BCUT2D eigenvalue weighted by Crippen LogP contribution is -2.28. The molecule has 0 atom stereocenters. The summed E-state index contributed by atoms with van der Waals surface area (Å²) in [5.74, 6) is -0.261. The summed E-state index contributed by atoms with van der Waals surface area (Å²) < 4.78 is 0.900. The highest BCUT2D eigenvalue weighted by Crippen LogP contribution is 2.34. The molecule has 160 valence electrons. The summed E-state index contributed by atoms with van der Waals surface area (Å²) in [6.07, 6.45) is 6.41. The number of hydrogen-bond acceptors (Lipinski definition) is 6. The number of aromatic nitrogens is 2. The van der Waals surface area contributed by atoms with Crippen LogP contribution < -0.4 is 4.90 Å². The molecule has 32 heavy (non-hydrogen) atoms. The number of rotatable bonds is 6. The Kier molecular flexibility index (Phi) is 6.25. The van der Waals surface area contributed by atoms with Crippen molar-refractivity contribution in [2.24, 2.45) is 0 Å². The van der Waals surface area contributed by atoms with Crippen molar-refractivity contribution in [1.29, 1.82) is 0 Å². The molecular weight excluding hydrogens is 448 g/mol. The number of carbonyl (C=O) groups excluding carboxylic acids is 1. The Balaban J connectivity index is 1.66. The van der Waals surface area contributed by atoms with Gasteiger partial charge in [-0.1, -0.05) is 22.9 Å². The molecule has 0 aliphatic carbocycles. The Morgan fingerprint density at radius 2 is 1.91 bits per heavy atom. The number of benzene rings is 2. The van der Waals surface area contributed by atoms with Crippen LogP contribution in [-0.2, 0) is 11.3 Å². The van der Waals surface area contributed by atoms with Crippen molar-refractivity contribution in [2.75, 3.05) is 4.90 Å². The maximum Gasteiger partial charge on any atom is 0.269 e. The van der Waals surface area contributed by atoms with Crippen molar-refractivity contribution in [2.45, 2.75) is 13.5 Å². The number of nitrogens with zero attached hydrogens (tertiary/aromatic N) is 4. The van der Waals surface area contributed by atoms with Gasteiger partial charge in [0.1, 0.15) is 0 Å². The lowest BCUT2D eigenvalue weighted by atomic mass is 10.2. The molecule has 0 saturated carbocycles. The van der Waals surface area contributed by atoms with E-state index in [-0.39, 0.29) is 11.6 Å². The third kappa shape index (κ3) is 4.82. The summed E-state index contributed by atoms with van der Waals surface area (Å²) in [5, 5.41) is 12.0. The lowest BCUT2D eigenvalue weighted by molar-refractivity contribution is -0.384. The summed E-state index contributed by atoms with van der Waals surface area (Å²) >= 11 is 7.58. The van der Waals surface area contributed by atoms with Crippen LogP contribution in [0.2, 0.25) is 5.02 Å². The smallest absolute Gasteiger partial charge is 0.269 e. The molecule has 4 rings (SSSR count). The summed E-state index contributed by atoms with van der Waals surface area (Å²) in [7, 11) is 0. The first kappa shape index (κ1) is 21.6. The number of thiazole rings is 1. The van der Waals surface area contributed by atoms with E-state index in [0.29, 0.717) is 22.3 Å². The van der Waals surface area contributed by atoms with Crippen molar-refractivity contribution >= 4 is 56.0 Å². The summed E-state index contributed by atoms with van der Waals surface area (Å²) in [6, 6.07) is 13.4. The van der Waals surface area contributed by atoms with Crippen molar-refractivity contribution in [3.63, 3.8) is 0 Å². The van der Waals surface area contributed by atoms with Gasteiger partial charge >= 0.3 is 0 Å². The number of amides is 1. The maximum atomic E-state index is 13.2. The molecule has 2 heterocycles. The maximum absolute atomic E-state index is 13.2. The second kappa shape index (κ2) is 9.25. The van der Waals surface area contributed by atoms with E-state index in [2.05, 4.69) is 4.98 Å². The van der Waals surface area contributed by atoms with E-state index in [0.717, 1.165) is 21.3 Å². The highest BCUT2D eigenvalue weighted by molar-refractivity contribution is 7.22. The van der Waals surface area contributed by atoms with E-state index < -0.39 is 4.92 Å². The monoisotopic (exact) mass is 464 g/mol. The molecule has 0 aliphatic heterocycles. The van der Waals surface area contributed by atoms with E-state index in [1.165, 1.54) is 29.5 Å². The number of fused-ring (bicyclic) bond motifs is 1. The topological polar surface area (TPSA) is 89.2 Å². The summed E-state index contributed by atoms with van der Waals surface area (Å²) in [4.78, 5) is 33.9. The molecule has 9 heteroatoms. The molecule has 0 N–H and O–H groups in total. The quantitative estimate of drug-likeness (QED) is 0.204. The molecule has 0 radical (unpaired) electrons. The first-order valence-corrected chi connectivity index (χ1v) is 10.8. The number of pyridine rings is 1. The van der Waals surface area contributed by atoms with Crippen LogP contribution in [-0.4, -0.2) is 20.8 Å². The van der Waals surface area contributed by atoms with Crippen LogP contribution in [0.15, 0.2) is 67.0 Å². The number of nitro benzene ring substituents is 1. The minimum absolute atomic E-state index is 0.00343. The number of non-ortho nitro benzene ring substituents is 1. The van der Waals surface area contributed by atoms with Gasteiger partial charge in [-0.25, -0.2) is 4.98 Å². The SMILES string of the molecule is Cc1cc(Cl)cc2sc(N(Cc3ccncc3)C(=O)/C=C\c3ccc([N+](=O)[O-])cc3)nc12. The normalized spacial score (nSPS) is 11.2. The van der Waals surface area contributed by atoms with Crippen molar-refractivity contribution < 1.29 is 9.72 Å². The van der Waals surface area contributed by atoms with Crippen molar-refractivity contribution in [1.82, 2.24) is 9.97 Å². The van der Waals surface area contributed by atoms with Gasteiger partial charge in [0.2, 0.25) is 0 Å². The Morgan fingerprint density at radius 1 is 1.19 bits per heavy atom. The number of hydrogen-bond donors (Lipinski definition) is 0. The fraction of sp³-hybridized carbons (Fsp3) is 0.0870. The zero-order valence-corrected chi connectivity index (χ0v) is 18.5. The fourth-order valence-corrected chi connectivity index (χ4v) is 4.56. The predicted octanol–water partition coefficient (Wildman–Crippen LogP) is 5.81. The van der Waals surface area contributed by atoms with Gasteiger partial charge in [0.25, 0.3) is 11.6 Å². The van der Waals surface area contributed by atoms with Crippen LogP contribution in [0.1, 0.15) is 16.7 Å². The Morgan fingerprint density at radius 3 is 2.59 bits per heavy atom. The molecule has 4 aromatic rings. The zero-order valence-electron chi connectivity index (χ0n) is 16.9. The average Bonchev–Trinajstić information content (AvgIpc) is 3.21. The summed E-state index contributed by atoms with van der Waals surface area (Å²) in [5.41, 5.74) is 3.33. The molecule has 7 nitrogen and oxygen atoms in total. The van der Waals surface area contributed by atoms with E-state index in [4.69, 9.17) is 16.6 Å². The van der Waals surface area contributed by atoms with Gasteiger partial charge in [0, 0.05) is 35.6 Å². The molecular formula is C23H17ClN4O3S. The van der Waals surface area contributed by atoms with E-state index in [1.807, 2.05) is 31.2 Å². The molecule has 2 aromatic heterocycles. The molecule has 0 unspecified atom stereocenters. The number of anilines is 1. The second-order valence-electron chi connectivity index (χ2n) is 7.03. The van der Waals surface area contributed by atoms with Crippen molar-refractivity contribution in [3.05, 3.63) is 98.8 Å². The number of nitro groups is 1. The lowest BCUT2D eigenvalue weighted by Gasteiger charge is -2.18. The van der Waals surface area contributed by atoms with Crippen molar-refractivity contribution in [3.8, 4) is 0 Å². The number of carbonyl (C=O) groups is 1. The van der Waals surface area contributed by atoms with Crippen LogP contribution >= 0.6 is 22.9 Å². The van der Waals surface area contributed by atoms with Gasteiger partial charge in [-0.3, -0.25) is 24.8 Å². The molecule has 0 saturated heterocycles. The van der Waals surface area contributed by atoms with Gasteiger partial charge in [-0.05, 0) is 66.1 Å². The van der Waals surface area contributed by atoms with Crippen LogP contribution in [0.4, 0.5) is 10.8 Å². The molecule has 1 amide bonds. The first-order chi connectivity index (χ1) is 15.4. The third-order valence-electron chi connectivity index (χ3n) is 4.75. The average molecular weight is 465 g/mol. The number of halogens is 1. The first-order valence-electron chi connectivity index (χ1n) is 9.60. The highest BCUT2D eigenvalue weighted by atomic mass is 35.5. The molecule has 2 aromatic carbocycles. The molecule has 0 bridgehead atoms. The largest absolute Gasteiger partial charge is 0.280 e. The van der Waals surface area contributed by atoms with Crippen LogP contribution in [0, 0.1) is 17.0 Å². The van der Waals surface area contributed by atoms with Gasteiger partial charge in [0.05, 0.1) is 21.7 Å². The predicted molar refractivity (Wildman–Crippen MR) is 127 cm³/mol. The fourth-order valence-electron chi connectivity index (χ4n) is 3.13. The van der Waals surface area contributed by atoms with E-state index in [1.54, 1.807) is 35.5 Å². The zero-order chi connectivity index (χ0) is 22.7. The van der Waals surface area contributed by atoms with Gasteiger partial charge in [0.15, 0.2) is 5.13 Å². The third-order valence-corrected chi connectivity index (χ3v) is 5.99. The molecule has 0 spiro atoms. The Labute approximate surface area is 192 Å². The second-order valence-corrected chi connectivity index (χ2v) is 8.47. The van der Waals surface area contributed by atoms with E-state index in [9.17, 15) is 14.9 Å². The standard InChI is InChI=1S/C23H17ClN4O3S/c1-15-12-18(24)13-20-22(15)26-23(32-20)27(14-17-8-10-25-11-9-17)21(29)7-4-16-2-5-19(6-3-16)28(30)31/h2-13H,14H2,1H3/b7-4-. The van der Waals surface area contributed by atoms with Crippen LogP contribution in [0.3, 0.4) is 0 Å². The van der Waals surface area contributed by atoms with Crippen LogP contribution in [0.5, 0.6) is 0 Å². The van der Waals surface area contributed by atoms with E-state index >= 15 is 0 Å². The Hall–Kier alpha value is -3.62. The molecule has 0 fully saturated rings. The summed E-state index contributed by atoms with van der Waals surface area (Å²) in [6.45, 7) is 2.25. The van der Waals surface area contributed by atoms with Crippen LogP contribution in [0.25, 0.3) is 16.3 Å². The minimum Gasteiger partial charge on any atom is -0.280 e. The highest BCUT2D eigenvalue weighted by Gasteiger charge is 2.19.